The van der Waals surface area contributed by atoms with Crippen LogP contribution in [0.5, 0.6) is 0 Å². The summed E-state index contributed by atoms with van der Waals surface area (Å²) < 4.78 is 42.8. The maximum atomic E-state index is 12.4. The quantitative estimate of drug-likeness (QED) is 0.846. The number of nitrogens with zero attached hydrogens (tertiary/aromatic N) is 2. The highest BCUT2D eigenvalue weighted by Crippen LogP contribution is 2.23. The number of nitrogens with one attached hydrogen (secondary N) is 1. The molecule has 2 atom stereocenters. The van der Waals surface area contributed by atoms with E-state index in [0.29, 0.717) is 19.7 Å². The van der Waals surface area contributed by atoms with E-state index in [1.54, 1.807) is 4.90 Å². The first-order chi connectivity index (χ1) is 10.6. The number of carbonyl (C=O) groups excluding carboxylic acids is 2. The zero-order valence-corrected chi connectivity index (χ0v) is 13.3. The Morgan fingerprint density at radius 1 is 1.43 bits per heavy atom. The van der Waals surface area contributed by atoms with Gasteiger partial charge in [0, 0.05) is 13.1 Å². The van der Waals surface area contributed by atoms with Crippen LogP contribution in [0, 0.1) is 0 Å². The van der Waals surface area contributed by atoms with Crippen molar-refractivity contribution >= 4 is 11.9 Å². The van der Waals surface area contributed by atoms with Crippen LogP contribution in [0.4, 0.5) is 18.0 Å². The van der Waals surface area contributed by atoms with Crippen molar-refractivity contribution in [1.82, 2.24) is 15.1 Å². The Morgan fingerprint density at radius 3 is 2.74 bits per heavy atom. The highest BCUT2D eigenvalue weighted by atomic mass is 19.4. The molecule has 0 aromatic heterocycles. The van der Waals surface area contributed by atoms with Gasteiger partial charge in [-0.1, -0.05) is 6.92 Å². The minimum Gasteiger partial charge on any atom is -0.372 e. The van der Waals surface area contributed by atoms with Crippen molar-refractivity contribution < 1.29 is 27.5 Å². The number of morpholine rings is 1. The fraction of sp³-hybridized carbons (Fsp3) is 0.857. The lowest BCUT2D eigenvalue weighted by Crippen LogP contribution is -2.56. The van der Waals surface area contributed by atoms with Crippen LogP contribution in [0.2, 0.25) is 0 Å². The maximum absolute atomic E-state index is 12.4. The van der Waals surface area contributed by atoms with Gasteiger partial charge in [0.25, 0.3) is 0 Å². The molecular weight excluding hydrogens is 315 g/mol. The number of carbonyl (C=O) groups is 2. The molecule has 132 valence electrons. The van der Waals surface area contributed by atoms with E-state index in [1.165, 1.54) is 0 Å². The SMILES string of the molecule is CCC1(C)CN(C(=O)NC2CCN(CC(F)(F)F)C2=O)CCO1. The molecule has 0 aliphatic carbocycles. The minimum atomic E-state index is -4.43. The number of hydrogen-bond acceptors (Lipinski definition) is 3. The van der Waals surface area contributed by atoms with E-state index in [0.717, 1.165) is 11.3 Å². The van der Waals surface area contributed by atoms with Crippen molar-refractivity contribution in [1.29, 1.82) is 0 Å². The van der Waals surface area contributed by atoms with E-state index >= 15 is 0 Å². The van der Waals surface area contributed by atoms with Gasteiger partial charge in [0.05, 0.1) is 18.8 Å². The fourth-order valence-electron chi connectivity index (χ4n) is 2.80. The van der Waals surface area contributed by atoms with Gasteiger partial charge in [0.15, 0.2) is 0 Å². The van der Waals surface area contributed by atoms with Crippen molar-refractivity contribution in [2.24, 2.45) is 0 Å². The number of alkyl halides is 3. The van der Waals surface area contributed by atoms with Crippen molar-refractivity contribution in [3.8, 4) is 0 Å². The largest absolute Gasteiger partial charge is 0.406 e. The Kier molecular flexibility index (Phi) is 5.07. The molecule has 0 aromatic rings. The molecule has 0 saturated carbocycles. The van der Waals surface area contributed by atoms with Crippen LogP contribution >= 0.6 is 0 Å². The standard InChI is InChI=1S/C14H22F3N3O3/c1-3-13(2)8-20(6-7-23-13)12(22)18-10-4-5-19(11(10)21)9-14(15,16)17/h10H,3-9H2,1-2H3,(H,18,22). The summed E-state index contributed by atoms with van der Waals surface area (Å²) in [6.45, 7) is 3.77. The minimum absolute atomic E-state index is 0.000916. The lowest BCUT2D eigenvalue weighted by atomic mass is 10.0. The van der Waals surface area contributed by atoms with Crippen molar-refractivity contribution in [2.45, 2.75) is 44.5 Å². The van der Waals surface area contributed by atoms with E-state index in [2.05, 4.69) is 5.32 Å². The Balaban J connectivity index is 1.90. The first kappa shape index (κ1) is 17.8. The number of hydrogen-bond donors (Lipinski definition) is 1. The van der Waals surface area contributed by atoms with Gasteiger partial charge in [-0.25, -0.2) is 4.79 Å². The highest BCUT2D eigenvalue weighted by molar-refractivity contribution is 5.88. The van der Waals surface area contributed by atoms with Crippen LogP contribution < -0.4 is 5.32 Å². The molecule has 2 rings (SSSR count). The number of ether oxygens (including phenoxy) is 1. The zero-order valence-electron chi connectivity index (χ0n) is 13.3. The summed E-state index contributed by atoms with van der Waals surface area (Å²) in [7, 11) is 0. The van der Waals surface area contributed by atoms with Crippen LogP contribution in [0.15, 0.2) is 0 Å². The van der Waals surface area contributed by atoms with Crippen LogP contribution in [-0.4, -0.2) is 72.3 Å². The molecule has 2 aliphatic rings. The predicted molar refractivity (Wildman–Crippen MR) is 75.8 cm³/mol. The molecule has 2 unspecified atom stereocenters. The summed E-state index contributed by atoms with van der Waals surface area (Å²) in [6.07, 6.45) is -3.50. The predicted octanol–water partition coefficient (Wildman–Crippen LogP) is 1.36. The second kappa shape index (κ2) is 6.54. The van der Waals surface area contributed by atoms with E-state index < -0.39 is 36.3 Å². The lowest BCUT2D eigenvalue weighted by molar-refractivity contribution is -0.157. The van der Waals surface area contributed by atoms with Crippen LogP contribution in [0.1, 0.15) is 26.7 Å². The first-order valence-electron chi connectivity index (χ1n) is 7.68. The molecule has 1 N–H and O–H groups in total. The van der Waals surface area contributed by atoms with E-state index in [9.17, 15) is 22.8 Å². The lowest BCUT2D eigenvalue weighted by Gasteiger charge is -2.40. The van der Waals surface area contributed by atoms with Crippen molar-refractivity contribution in [2.75, 3.05) is 32.8 Å². The molecule has 0 aromatic carbocycles. The molecule has 0 radical (unpaired) electrons. The Hall–Kier alpha value is -1.51. The third kappa shape index (κ3) is 4.49. The average Bonchev–Trinajstić information content (AvgIpc) is 2.78. The maximum Gasteiger partial charge on any atom is 0.406 e. The fourth-order valence-corrected chi connectivity index (χ4v) is 2.80. The first-order valence-corrected chi connectivity index (χ1v) is 7.68. The molecular formula is C14H22F3N3O3. The van der Waals surface area contributed by atoms with E-state index in [-0.39, 0.29) is 13.0 Å². The molecule has 23 heavy (non-hydrogen) atoms. The van der Waals surface area contributed by atoms with Gasteiger partial charge in [-0.15, -0.1) is 0 Å². The zero-order chi connectivity index (χ0) is 17.3. The number of rotatable bonds is 3. The van der Waals surface area contributed by atoms with Crippen LogP contribution in [-0.2, 0) is 9.53 Å². The van der Waals surface area contributed by atoms with Crippen LogP contribution in [0.3, 0.4) is 0 Å². The Bertz CT molecular complexity index is 472. The van der Waals surface area contributed by atoms with Gasteiger partial charge in [-0.05, 0) is 19.8 Å². The van der Waals surface area contributed by atoms with Crippen LogP contribution in [0.25, 0.3) is 0 Å². The topological polar surface area (TPSA) is 61.9 Å². The normalized spacial score (nSPS) is 29.1. The summed E-state index contributed by atoms with van der Waals surface area (Å²) >= 11 is 0. The van der Waals surface area contributed by atoms with Gasteiger partial charge in [-0.3, -0.25) is 4.79 Å². The number of amides is 3. The molecule has 9 heteroatoms. The molecule has 3 amide bonds. The number of halogens is 3. The van der Waals surface area contributed by atoms with E-state index in [1.807, 2.05) is 13.8 Å². The number of likely N-dealkylation sites (tertiary alicyclic amines) is 1. The number of urea groups is 1. The van der Waals surface area contributed by atoms with Gasteiger partial charge < -0.3 is 19.9 Å². The van der Waals surface area contributed by atoms with Gasteiger partial charge in [0.1, 0.15) is 12.6 Å². The van der Waals surface area contributed by atoms with Gasteiger partial charge in [-0.2, -0.15) is 13.2 Å². The van der Waals surface area contributed by atoms with Crippen molar-refractivity contribution in [3.05, 3.63) is 0 Å². The molecule has 0 bridgehead atoms. The second-order valence-electron chi connectivity index (χ2n) is 6.24. The molecule has 6 nitrogen and oxygen atoms in total. The molecule has 2 aliphatic heterocycles. The summed E-state index contributed by atoms with van der Waals surface area (Å²) in [4.78, 5) is 26.5. The molecule has 2 fully saturated rings. The Labute approximate surface area is 132 Å². The third-order valence-electron chi connectivity index (χ3n) is 4.34. The molecule has 2 saturated heterocycles. The van der Waals surface area contributed by atoms with Gasteiger partial charge in [0.2, 0.25) is 5.91 Å². The smallest absolute Gasteiger partial charge is 0.372 e. The summed E-state index contributed by atoms with van der Waals surface area (Å²) in [5.74, 6) is -0.679. The van der Waals surface area contributed by atoms with E-state index in [4.69, 9.17) is 4.74 Å². The van der Waals surface area contributed by atoms with Gasteiger partial charge >= 0.3 is 12.2 Å². The summed E-state index contributed by atoms with van der Waals surface area (Å²) in [6, 6.07) is -1.32. The monoisotopic (exact) mass is 337 g/mol. The molecule has 2 heterocycles. The average molecular weight is 337 g/mol. The van der Waals surface area contributed by atoms with Crippen molar-refractivity contribution in [3.63, 3.8) is 0 Å². The summed E-state index contributed by atoms with van der Waals surface area (Å²) in [5.41, 5.74) is -0.433. The summed E-state index contributed by atoms with van der Waals surface area (Å²) in [5, 5.41) is 2.55. The third-order valence-corrected chi connectivity index (χ3v) is 4.34. The second-order valence-corrected chi connectivity index (χ2v) is 6.24. The highest BCUT2D eigenvalue weighted by Gasteiger charge is 2.41. The molecule has 0 spiro atoms. The Morgan fingerprint density at radius 2 is 2.13 bits per heavy atom.